The van der Waals surface area contributed by atoms with Gasteiger partial charge in [0.2, 0.25) is 0 Å². The number of nitrogens with zero attached hydrogens (tertiary/aromatic N) is 2. The molecule has 1 aromatic rings. The summed E-state index contributed by atoms with van der Waals surface area (Å²) in [7, 11) is 0. The number of ether oxygens (including phenoxy) is 3. The number of carbonyl (C=O) groups is 2. The van der Waals surface area contributed by atoms with E-state index in [0.29, 0.717) is 10.8 Å². The van der Waals surface area contributed by atoms with Gasteiger partial charge in [-0.1, -0.05) is 0 Å². The third-order valence-corrected chi connectivity index (χ3v) is 3.55. The van der Waals surface area contributed by atoms with Crippen molar-refractivity contribution in [2.75, 3.05) is 12.3 Å². The monoisotopic (exact) mass is 379 g/mol. The Morgan fingerprint density at radius 2 is 2.04 bits per heavy atom. The normalized spacial score (nSPS) is 22.9. The highest BCUT2D eigenvalue weighted by Crippen LogP contribution is 2.34. The van der Waals surface area contributed by atoms with Gasteiger partial charge in [0.1, 0.15) is 36.4 Å². The number of hydrogen-bond donors (Lipinski definition) is 1. The zero-order chi connectivity index (χ0) is 19.6. The standard InChI is InChI=1S/C14H16F3N3O6/c1-6(21)24-5-10-9(25-7(2)22)3-11(26-10)20-4-8(14(15,16)17)12(18)19-13(20)23/h4,9-11H,3,5H2,1-2H3,(H2,18,19,23)/t9-,10+,11+/m0/s1. The average Bonchev–Trinajstić information content (AvgIpc) is 2.85. The average molecular weight is 379 g/mol. The lowest BCUT2D eigenvalue weighted by Gasteiger charge is -2.18. The molecule has 9 nitrogen and oxygen atoms in total. The number of nitrogens with two attached hydrogens (primary N) is 1. The van der Waals surface area contributed by atoms with Crippen LogP contribution in [0.1, 0.15) is 32.1 Å². The fraction of sp³-hybridized carbons (Fsp3) is 0.571. The molecule has 2 rings (SSSR count). The van der Waals surface area contributed by atoms with Crippen LogP contribution in [0.4, 0.5) is 19.0 Å². The molecule has 0 radical (unpaired) electrons. The third kappa shape index (κ3) is 4.50. The van der Waals surface area contributed by atoms with Crippen LogP contribution in [0.5, 0.6) is 0 Å². The molecule has 0 bridgehead atoms. The molecule has 1 saturated heterocycles. The van der Waals surface area contributed by atoms with Crippen molar-refractivity contribution in [2.45, 2.75) is 44.9 Å². The summed E-state index contributed by atoms with van der Waals surface area (Å²) in [6.45, 7) is 1.99. The number of hydrogen-bond acceptors (Lipinski definition) is 8. The van der Waals surface area contributed by atoms with Gasteiger partial charge in [-0.2, -0.15) is 18.2 Å². The highest BCUT2D eigenvalue weighted by molar-refractivity contribution is 5.66. The van der Waals surface area contributed by atoms with Gasteiger partial charge in [0, 0.05) is 26.5 Å². The number of alkyl halides is 3. The minimum atomic E-state index is -4.82. The lowest BCUT2D eigenvalue weighted by molar-refractivity contribution is -0.155. The van der Waals surface area contributed by atoms with Crippen LogP contribution < -0.4 is 11.4 Å². The molecule has 3 atom stereocenters. The number of halogens is 3. The van der Waals surface area contributed by atoms with Crippen molar-refractivity contribution in [3.05, 3.63) is 22.2 Å². The van der Waals surface area contributed by atoms with Gasteiger partial charge in [-0.3, -0.25) is 14.2 Å². The lowest BCUT2D eigenvalue weighted by Crippen LogP contribution is -2.31. The molecule has 1 fully saturated rings. The molecule has 1 aliphatic rings. The summed E-state index contributed by atoms with van der Waals surface area (Å²) >= 11 is 0. The van der Waals surface area contributed by atoms with E-state index >= 15 is 0 Å². The van der Waals surface area contributed by atoms with Crippen LogP contribution in [0, 0.1) is 0 Å². The summed E-state index contributed by atoms with van der Waals surface area (Å²) < 4.78 is 54.8. The van der Waals surface area contributed by atoms with E-state index in [2.05, 4.69) is 4.98 Å². The fourth-order valence-corrected chi connectivity index (χ4v) is 2.46. The molecule has 0 spiro atoms. The number of anilines is 1. The van der Waals surface area contributed by atoms with E-state index in [9.17, 15) is 27.6 Å². The van der Waals surface area contributed by atoms with Crippen molar-refractivity contribution >= 4 is 17.8 Å². The van der Waals surface area contributed by atoms with Crippen LogP contribution in [0.2, 0.25) is 0 Å². The van der Waals surface area contributed by atoms with E-state index in [4.69, 9.17) is 19.9 Å². The maximum Gasteiger partial charge on any atom is 0.421 e. The van der Waals surface area contributed by atoms with Gasteiger partial charge in [0.05, 0.1) is 0 Å². The molecule has 26 heavy (non-hydrogen) atoms. The van der Waals surface area contributed by atoms with Crippen molar-refractivity contribution in [2.24, 2.45) is 0 Å². The zero-order valence-corrected chi connectivity index (χ0v) is 13.8. The first-order chi connectivity index (χ1) is 12.0. The molecule has 1 aromatic heterocycles. The maximum atomic E-state index is 13.0. The number of carbonyl (C=O) groups excluding carboxylic acids is 2. The Labute approximate surface area is 144 Å². The Morgan fingerprint density at radius 1 is 1.38 bits per heavy atom. The first-order valence-corrected chi connectivity index (χ1v) is 7.41. The third-order valence-electron chi connectivity index (χ3n) is 3.55. The predicted octanol–water partition coefficient (Wildman–Crippen LogP) is 0.627. The Bertz CT molecular complexity index is 763. The second-order valence-electron chi connectivity index (χ2n) is 5.54. The first-order valence-electron chi connectivity index (χ1n) is 7.41. The molecule has 144 valence electrons. The van der Waals surface area contributed by atoms with Crippen LogP contribution in [0.3, 0.4) is 0 Å². The number of esters is 2. The number of nitrogen functional groups attached to an aromatic ring is 1. The summed E-state index contributed by atoms with van der Waals surface area (Å²) in [4.78, 5) is 37.2. The van der Waals surface area contributed by atoms with Gasteiger partial charge in [-0.15, -0.1) is 0 Å². The highest BCUT2D eigenvalue weighted by Gasteiger charge is 2.41. The van der Waals surface area contributed by atoms with Gasteiger partial charge in [-0.05, 0) is 0 Å². The Balaban J connectivity index is 2.32. The quantitative estimate of drug-likeness (QED) is 0.756. The van der Waals surface area contributed by atoms with Crippen LogP contribution in [0.15, 0.2) is 11.0 Å². The summed E-state index contributed by atoms with van der Waals surface area (Å²) in [5, 5.41) is 0. The largest absolute Gasteiger partial charge is 0.463 e. The van der Waals surface area contributed by atoms with E-state index in [1.54, 1.807) is 0 Å². The van der Waals surface area contributed by atoms with Crippen LogP contribution in [0.25, 0.3) is 0 Å². The summed E-state index contributed by atoms with van der Waals surface area (Å²) in [5.74, 6) is -2.24. The summed E-state index contributed by atoms with van der Waals surface area (Å²) in [5.41, 5.74) is 2.81. The molecular formula is C14H16F3N3O6. The predicted molar refractivity (Wildman–Crippen MR) is 78.6 cm³/mol. The highest BCUT2D eigenvalue weighted by atomic mass is 19.4. The van der Waals surface area contributed by atoms with Gasteiger partial charge in [0.25, 0.3) is 0 Å². The maximum absolute atomic E-state index is 13.0. The molecule has 2 N–H and O–H groups in total. The lowest BCUT2D eigenvalue weighted by atomic mass is 10.2. The molecule has 0 amide bonds. The minimum Gasteiger partial charge on any atom is -0.463 e. The van der Waals surface area contributed by atoms with Crippen molar-refractivity contribution in [1.82, 2.24) is 9.55 Å². The summed E-state index contributed by atoms with van der Waals surface area (Å²) in [6, 6.07) is 0. The van der Waals surface area contributed by atoms with E-state index in [0.717, 1.165) is 13.8 Å². The SMILES string of the molecule is CC(=O)OC[C@H]1O[C@@H](n2cc(C(F)(F)F)c(N)nc2=O)C[C@@H]1OC(C)=O. The Morgan fingerprint density at radius 3 is 2.58 bits per heavy atom. The molecule has 12 heteroatoms. The van der Waals surface area contributed by atoms with Crippen molar-refractivity contribution in [3.63, 3.8) is 0 Å². The topological polar surface area (TPSA) is 123 Å². The molecule has 2 heterocycles. The number of aromatic nitrogens is 2. The second kappa shape index (κ2) is 7.32. The van der Waals surface area contributed by atoms with Crippen LogP contribution >= 0.6 is 0 Å². The minimum absolute atomic E-state index is 0.131. The van der Waals surface area contributed by atoms with E-state index < -0.39 is 53.6 Å². The van der Waals surface area contributed by atoms with Gasteiger partial charge >= 0.3 is 23.8 Å². The molecule has 0 aromatic carbocycles. The Hall–Kier alpha value is -2.63. The smallest absolute Gasteiger partial charge is 0.421 e. The van der Waals surface area contributed by atoms with Crippen LogP contribution in [-0.4, -0.2) is 40.3 Å². The van der Waals surface area contributed by atoms with Gasteiger partial charge in [0.15, 0.2) is 0 Å². The molecule has 0 saturated carbocycles. The molecular weight excluding hydrogens is 363 g/mol. The summed E-state index contributed by atoms with van der Waals surface area (Å²) in [6.07, 6.45) is -7.54. The van der Waals surface area contributed by atoms with Gasteiger partial charge < -0.3 is 19.9 Å². The first kappa shape index (κ1) is 19.7. The van der Waals surface area contributed by atoms with E-state index in [1.807, 2.05) is 0 Å². The van der Waals surface area contributed by atoms with Crippen molar-refractivity contribution in [1.29, 1.82) is 0 Å². The number of rotatable bonds is 4. The molecule has 0 unspecified atom stereocenters. The van der Waals surface area contributed by atoms with E-state index in [1.165, 1.54) is 0 Å². The van der Waals surface area contributed by atoms with Crippen molar-refractivity contribution < 1.29 is 37.0 Å². The Kier molecular flexibility index (Phi) is 5.54. The van der Waals surface area contributed by atoms with Gasteiger partial charge in [-0.25, -0.2) is 4.79 Å². The molecule has 1 aliphatic heterocycles. The van der Waals surface area contributed by atoms with Crippen LogP contribution in [-0.2, 0) is 30.0 Å². The molecule has 0 aliphatic carbocycles. The second-order valence-corrected chi connectivity index (χ2v) is 5.54. The fourth-order valence-electron chi connectivity index (χ4n) is 2.46. The van der Waals surface area contributed by atoms with Crippen molar-refractivity contribution in [3.8, 4) is 0 Å². The zero-order valence-electron chi connectivity index (χ0n) is 13.8. The van der Waals surface area contributed by atoms with E-state index in [-0.39, 0.29) is 13.0 Å².